The summed E-state index contributed by atoms with van der Waals surface area (Å²) < 4.78 is 29.4. The molecule has 0 spiro atoms. The molecule has 0 bridgehead atoms. The predicted molar refractivity (Wildman–Crippen MR) is 124 cm³/mol. The average molecular weight is 437 g/mol. The Morgan fingerprint density at radius 2 is 1.26 bits per heavy atom. The summed E-state index contributed by atoms with van der Waals surface area (Å²) in [5.41, 5.74) is 0.657. The Morgan fingerprint density at radius 1 is 0.710 bits per heavy atom. The van der Waals surface area contributed by atoms with Crippen LogP contribution in [0.5, 0.6) is 23.0 Å². The first kappa shape index (κ1) is 26.7. The summed E-state index contributed by atoms with van der Waals surface area (Å²) in [7, 11) is 0. The van der Waals surface area contributed by atoms with Crippen LogP contribution >= 0.6 is 0 Å². The summed E-state index contributed by atoms with van der Waals surface area (Å²) >= 11 is 0. The van der Waals surface area contributed by atoms with Crippen molar-refractivity contribution >= 4 is 12.0 Å². The third kappa shape index (κ3) is 9.53. The van der Waals surface area contributed by atoms with Crippen LogP contribution in [-0.2, 0) is 9.53 Å². The van der Waals surface area contributed by atoms with Crippen LogP contribution in [0.3, 0.4) is 0 Å². The smallest absolute Gasteiger partial charge is 0.330 e. The van der Waals surface area contributed by atoms with E-state index >= 15 is 0 Å². The van der Waals surface area contributed by atoms with Gasteiger partial charge in [0.2, 0.25) is 5.75 Å². The topological polar surface area (TPSA) is 63.2 Å². The molecular formula is C25H40O6. The minimum atomic E-state index is -0.390. The summed E-state index contributed by atoms with van der Waals surface area (Å²) in [5.74, 6) is 1.88. The molecule has 0 radical (unpaired) electrons. The van der Waals surface area contributed by atoms with Crippen molar-refractivity contribution in [1.82, 2.24) is 0 Å². The Bertz CT molecular complexity index is 668. The van der Waals surface area contributed by atoms with Gasteiger partial charge in [0.1, 0.15) is 5.75 Å². The fourth-order valence-corrected chi connectivity index (χ4v) is 2.62. The lowest BCUT2D eigenvalue weighted by molar-refractivity contribution is -0.137. The van der Waals surface area contributed by atoms with E-state index in [1.54, 1.807) is 6.08 Å². The first-order valence-electron chi connectivity index (χ1n) is 11.7. The van der Waals surface area contributed by atoms with Gasteiger partial charge in [0.25, 0.3) is 0 Å². The Morgan fingerprint density at radius 3 is 1.84 bits per heavy atom. The molecule has 6 heteroatoms. The molecule has 0 aliphatic heterocycles. The van der Waals surface area contributed by atoms with Crippen LogP contribution in [0.1, 0.15) is 78.7 Å². The van der Waals surface area contributed by atoms with Crippen molar-refractivity contribution in [2.75, 3.05) is 33.0 Å². The summed E-state index contributed by atoms with van der Waals surface area (Å²) in [5, 5.41) is 0. The molecule has 0 unspecified atom stereocenters. The van der Waals surface area contributed by atoms with Gasteiger partial charge < -0.3 is 23.7 Å². The molecule has 31 heavy (non-hydrogen) atoms. The number of ether oxygens (including phenoxy) is 5. The van der Waals surface area contributed by atoms with Gasteiger partial charge in [-0.1, -0.05) is 41.0 Å². The minimum Gasteiger partial charge on any atom is -0.493 e. The highest BCUT2D eigenvalue weighted by Gasteiger charge is 2.22. The zero-order valence-corrected chi connectivity index (χ0v) is 20.0. The highest BCUT2D eigenvalue weighted by Crippen LogP contribution is 2.46. The van der Waals surface area contributed by atoms with E-state index in [2.05, 4.69) is 13.8 Å². The number of hydrogen-bond acceptors (Lipinski definition) is 6. The maximum atomic E-state index is 12.2. The molecule has 1 aromatic rings. The Hall–Kier alpha value is -2.37. The standard InChI is InChI=1S/C25H40O6/c1-6-11-18-29-23(26)13-12-20-21(27-14-7-2)19-22(28-15-8-3)25(31-17-10-5)24(20)30-16-9-4/h12-13,19H,6-11,14-18H2,1-5H3. The van der Waals surface area contributed by atoms with Crippen LogP contribution in [0.15, 0.2) is 12.1 Å². The Labute approximate surface area is 187 Å². The van der Waals surface area contributed by atoms with Crippen molar-refractivity contribution in [3.63, 3.8) is 0 Å². The molecule has 1 aromatic carbocycles. The van der Waals surface area contributed by atoms with Crippen molar-refractivity contribution in [2.24, 2.45) is 0 Å². The normalized spacial score (nSPS) is 10.9. The minimum absolute atomic E-state index is 0.390. The van der Waals surface area contributed by atoms with E-state index in [9.17, 15) is 4.79 Å². The summed E-state index contributed by atoms with van der Waals surface area (Å²) in [6.45, 7) is 12.8. The average Bonchev–Trinajstić information content (AvgIpc) is 2.78. The number of carbonyl (C=O) groups excluding carboxylic acids is 1. The Balaban J connectivity index is 3.44. The zero-order valence-electron chi connectivity index (χ0n) is 20.0. The van der Waals surface area contributed by atoms with E-state index in [1.165, 1.54) is 6.08 Å². The van der Waals surface area contributed by atoms with E-state index < -0.39 is 5.97 Å². The molecule has 0 heterocycles. The molecule has 0 saturated carbocycles. The zero-order chi connectivity index (χ0) is 22.9. The van der Waals surface area contributed by atoms with Gasteiger partial charge >= 0.3 is 5.97 Å². The first-order valence-corrected chi connectivity index (χ1v) is 11.7. The van der Waals surface area contributed by atoms with Crippen LogP contribution in [0.4, 0.5) is 0 Å². The van der Waals surface area contributed by atoms with Crippen LogP contribution in [0, 0.1) is 0 Å². The number of rotatable bonds is 17. The molecule has 176 valence electrons. The maximum Gasteiger partial charge on any atom is 0.330 e. The maximum absolute atomic E-state index is 12.2. The molecule has 1 rings (SSSR count). The number of unbranched alkanes of at least 4 members (excludes halogenated alkanes) is 1. The van der Waals surface area contributed by atoms with Gasteiger partial charge in [0.15, 0.2) is 11.5 Å². The molecule has 0 amide bonds. The number of hydrogen-bond donors (Lipinski definition) is 0. The third-order valence-corrected chi connectivity index (χ3v) is 4.16. The van der Waals surface area contributed by atoms with Gasteiger partial charge in [0, 0.05) is 12.1 Å². The number of esters is 1. The third-order valence-electron chi connectivity index (χ3n) is 4.16. The lowest BCUT2D eigenvalue weighted by Gasteiger charge is -2.21. The molecule has 0 atom stereocenters. The van der Waals surface area contributed by atoms with Crippen molar-refractivity contribution in [3.8, 4) is 23.0 Å². The second-order valence-electron chi connectivity index (χ2n) is 7.19. The summed E-state index contributed by atoms with van der Waals surface area (Å²) in [4.78, 5) is 12.2. The second-order valence-corrected chi connectivity index (χ2v) is 7.19. The second kappa shape index (κ2) is 16.3. The number of benzene rings is 1. The van der Waals surface area contributed by atoms with Crippen molar-refractivity contribution in [1.29, 1.82) is 0 Å². The van der Waals surface area contributed by atoms with E-state index in [0.29, 0.717) is 61.6 Å². The highest BCUT2D eigenvalue weighted by molar-refractivity contribution is 5.89. The van der Waals surface area contributed by atoms with Crippen molar-refractivity contribution in [2.45, 2.75) is 73.1 Å². The molecule has 0 aliphatic carbocycles. The van der Waals surface area contributed by atoms with Crippen LogP contribution in [-0.4, -0.2) is 39.0 Å². The summed E-state index contributed by atoms with van der Waals surface area (Å²) in [6, 6.07) is 1.83. The quantitative estimate of drug-likeness (QED) is 0.165. The van der Waals surface area contributed by atoms with Gasteiger partial charge in [-0.25, -0.2) is 4.79 Å². The molecule has 0 saturated heterocycles. The monoisotopic (exact) mass is 436 g/mol. The van der Waals surface area contributed by atoms with E-state index in [4.69, 9.17) is 23.7 Å². The SMILES string of the molecule is CCCCOC(=O)C=Cc1c(OCCC)cc(OCCC)c(OCCC)c1OCCC. The molecule has 6 nitrogen and oxygen atoms in total. The largest absolute Gasteiger partial charge is 0.493 e. The Kier molecular flexibility index (Phi) is 14.1. The predicted octanol–water partition coefficient (Wildman–Crippen LogP) is 6.20. The fourth-order valence-electron chi connectivity index (χ4n) is 2.62. The lowest BCUT2D eigenvalue weighted by Crippen LogP contribution is -2.08. The van der Waals surface area contributed by atoms with Gasteiger partial charge in [-0.2, -0.15) is 0 Å². The van der Waals surface area contributed by atoms with Gasteiger partial charge in [-0.05, 0) is 38.2 Å². The van der Waals surface area contributed by atoms with E-state index in [-0.39, 0.29) is 0 Å². The molecular weight excluding hydrogens is 396 g/mol. The van der Waals surface area contributed by atoms with Crippen molar-refractivity contribution in [3.05, 3.63) is 17.7 Å². The first-order chi connectivity index (χ1) is 15.1. The summed E-state index contributed by atoms with van der Waals surface area (Å²) in [6.07, 6.45) is 8.32. The highest BCUT2D eigenvalue weighted by atomic mass is 16.5. The van der Waals surface area contributed by atoms with Crippen LogP contribution < -0.4 is 18.9 Å². The molecule has 0 aromatic heterocycles. The van der Waals surface area contributed by atoms with Gasteiger partial charge in [0.05, 0.1) is 38.6 Å². The van der Waals surface area contributed by atoms with Crippen LogP contribution in [0.2, 0.25) is 0 Å². The molecule has 0 N–H and O–H groups in total. The van der Waals surface area contributed by atoms with Crippen molar-refractivity contribution < 1.29 is 28.5 Å². The fraction of sp³-hybridized carbons (Fsp3) is 0.640. The molecule has 0 aliphatic rings. The molecule has 0 fully saturated rings. The number of carbonyl (C=O) groups is 1. The van der Waals surface area contributed by atoms with Gasteiger partial charge in [-0.3, -0.25) is 0 Å². The van der Waals surface area contributed by atoms with Crippen LogP contribution in [0.25, 0.3) is 6.08 Å². The van der Waals surface area contributed by atoms with E-state index in [0.717, 1.165) is 38.5 Å². The van der Waals surface area contributed by atoms with Gasteiger partial charge in [-0.15, -0.1) is 0 Å². The van der Waals surface area contributed by atoms with E-state index in [1.807, 2.05) is 26.8 Å². The lowest BCUT2D eigenvalue weighted by atomic mass is 10.1.